The van der Waals surface area contributed by atoms with Gasteiger partial charge in [-0.25, -0.2) is 59.2 Å². The Morgan fingerprint density at radius 3 is 1.37 bits per heavy atom. The number of H-pyrrole nitrogens is 1. The Bertz CT molecular complexity index is 5250. The van der Waals surface area contributed by atoms with Gasteiger partial charge in [0, 0.05) is 122 Å². The molecule has 1 aliphatic heterocycles. The van der Waals surface area contributed by atoms with E-state index in [-0.39, 0.29) is 17.3 Å². The van der Waals surface area contributed by atoms with Crippen molar-refractivity contribution in [3.63, 3.8) is 0 Å². The van der Waals surface area contributed by atoms with Gasteiger partial charge in [0.15, 0.2) is 17.3 Å². The number of carbonyl (C=O) groups excluding carboxylic acids is 1. The van der Waals surface area contributed by atoms with Crippen LogP contribution in [0, 0.1) is 48.5 Å². The standard InChI is InChI=1S/C13H15N3O.C12H10N2O.C11H11N3O3.2C11H13N3O.C10H10N2O2.C9H8N2O2/c1-10-4-5-12(17-10)11-8-14-13(15-9-11)16-6-2-3-7-16;1-9-2-4-11(15-9)10-3-5-12-13-6-7-14(12)8-10;1-7-3-4-9(17-7)8-5-12-10(13-6-8)14-11(15)16-2;1-8-4-6-10(15-8)9-5-7-11(13-12-9)14(2)3;1-8-4-5-10(15-8)9-6-13-11(7-12-9)14(2)3;1-7-3-4-9(14-7)8-5-11-10(13)12(2)6-8;1-6-2-3-8(13-6)7-4-10-9(12)11-5-7/h4-5,8-9H,2-3,6-7H2,1H3;2-8H,1H3;3-6H,1-2H3,(H,12,13,14,15);2*4-7H,1-3H3;3-6H,1-2H3;2-5H,1H3,(H,10,11,12). The molecule has 0 saturated carbocycles. The summed E-state index contributed by atoms with van der Waals surface area (Å²) in [5.41, 5.74) is 6.16. The number of furan rings is 7. The molecular weight excluding hydrogens is 1350 g/mol. The van der Waals surface area contributed by atoms with Crippen LogP contribution in [0.15, 0.2) is 230 Å². The second kappa shape index (κ2) is 35.8. The number of nitrogens with one attached hydrogen (secondary N) is 2. The first-order valence-corrected chi connectivity index (χ1v) is 33.3. The van der Waals surface area contributed by atoms with Gasteiger partial charge in [-0.2, -0.15) is 0 Å². The first kappa shape index (κ1) is 75.1. The molecular formula is C77H80N18O11. The molecule has 29 nitrogen and oxygen atoms in total. The fraction of sp³-hybridized carbons (Fsp3) is 0.221. The number of aryl methyl sites for hydroxylation is 8. The van der Waals surface area contributed by atoms with Gasteiger partial charge in [-0.1, -0.05) is 0 Å². The predicted octanol–water partition coefficient (Wildman–Crippen LogP) is 14.7. The van der Waals surface area contributed by atoms with Crippen molar-refractivity contribution in [3.8, 4) is 79.5 Å². The molecule has 0 spiro atoms. The van der Waals surface area contributed by atoms with Crippen LogP contribution < -0.4 is 31.4 Å². The molecule has 15 aromatic heterocycles. The highest BCUT2D eigenvalue weighted by Crippen LogP contribution is 2.27. The number of ether oxygens (including phenoxy) is 1. The molecule has 0 bridgehead atoms. The summed E-state index contributed by atoms with van der Waals surface area (Å²) in [4.78, 5) is 77.9. The van der Waals surface area contributed by atoms with E-state index in [9.17, 15) is 14.4 Å². The molecule has 0 radical (unpaired) electrons. The van der Waals surface area contributed by atoms with Crippen LogP contribution in [0.4, 0.5) is 28.3 Å². The lowest BCUT2D eigenvalue weighted by Gasteiger charge is -2.14. The molecule has 0 aromatic carbocycles. The molecule has 0 unspecified atom stereocenters. The fourth-order valence-electron chi connectivity index (χ4n) is 9.84. The molecule has 16 rings (SSSR count). The van der Waals surface area contributed by atoms with Gasteiger partial charge in [-0.15, -0.1) is 10.2 Å². The zero-order valence-electron chi connectivity index (χ0n) is 60.9. The average molecular weight is 1430 g/mol. The van der Waals surface area contributed by atoms with Gasteiger partial charge in [0.25, 0.3) is 0 Å². The second-order valence-electron chi connectivity index (χ2n) is 24.2. The summed E-state index contributed by atoms with van der Waals surface area (Å²) in [6, 6.07) is 34.4. The maximum absolute atomic E-state index is 11.0. The predicted molar refractivity (Wildman–Crippen MR) is 401 cm³/mol. The number of aromatic nitrogens is 14. The molecule has 106 heavy (non-hydrogen) atoms. The van der Waals surface area contributed by atoms with Crippen molar-refractivity contribution in [1.29, 1.82) is 0 Å². The van der Waals surface area contributed by atoms with Gasteiger partial charge in [-0.3, -0.25) is 5.32 Å². The highest BCUT2D eigenvalue weighted by Gasteiger charge is 2.16. The average Bonchev–Trinajstić information content (AvgIpc) is 1.69. The highest BCUT2D eigenvalue weighted by atomic mass is 16.5. The van der Waals surface area contributed by atoms with E-state index < -0.39 is 6.09 Å². The van der Waals surface area contributed by atoms with Crippen molar-refractivity contribution in [1.82, 2.24) is 69.0 Å². The maximum Gasteiger partial charge on any atom is 0.413 e. The number of fused-ring (bicyclic) bond motifs is 1. The molecule has 29 heteroatoms. The maximum atomic E-state index is 11.0. The Hall–Kier alpha value is -13.6. The largest absolute Gasteiger partial charge is 0.461 e. The zero-order chi connectivity index (χ0) is 75.2. The van der Waals surface area contributed by atoms with E-state index in [1.807, 2.05) is 225 Å². The van der Waals surface area contributed by atoms with Crippen LogP contribution in [0.25, 0.3) is 85.2 Å². The smallest absolute Gasteiger partial charge is 0.413 e. The van der Waals surface area contributed by atoms with E-state index in [2.05, 4.69) is 75.0 Å². The molecule has 16 heterocycles. The summed E-state index contributed by atoms with van der Waals surface area (Å²) < 4.78 is 46.0. The lowest BCUT2D eigenvalue weighted by atomic mass is 10.2. The van der Waals surface area contributed by atoms with Crippen molar-refractivity contribution < 1.29 is 40.5 Å². The first-order chi connectivity index (χ1) is 51.1. The molecule has 1 aliphatic rings. The third kappa shape index (κ3) is 21.2. The Labute approximate surface area is 609 Å². The molecule has 15 aromatic rings. The lowest BCUT2D eigenvalue weighted by molar-refractivity contribution is 0.186. The monoisotopic (exact) mass is 1430 g/mol. The minimum atomic E-state index is -0.605. The fourth-order valence-corrected chi connectivity index (χ4v) is 9.84. The Morgan fingerprint density at radius 1 is 0.453 bits per heavy atom. The van der Waals surface area contributed by atoms with Gasteiger partial charge >= 0.3 is 17.5 Å². The van der Waals surface area contributed by atoms with Crippen molar-refractivity contribution in [2.45, 2.75) is 61.3 Å². The number of rotatable bonds is 11. The van der Waals surface area contributed by atoms with Crippen molar-refractivity contribution in [2.75, 3.05) is 68.4 Å². The van der Waals surface area contributed by atoms with E-state index in [0.717, 1.165) is 145 Å². The quantitative estimate of drug-likeness (QED) is 0.121. The number of amides is 1. The van der Waals surface area contributed by atoms with E-state index >= 15 is 0 Å². The van der Waals surface area contributed by atoms with Crippen LogP contribution in [0.5, 0.6) is 0 Å². The normalized spacial score (nSPS) is 11.2. The Morgan fingerprint density at radius 2 is 0.925 bits per heavy atom. The summed E-state index contributed by atoms with van der Waals surface area (Å²) in [6.07, 6.45) is 24.1. The van der Waals surface area contributed by atoms with Crippen LogP contribution in [-0.4, -0.2) is 123 Å². The Balaban J connectivity index is 0.000000133. The number of aromatic amines is 1. The van der Waals surface area contributed by atoms with Gasteiger partial charge in [0.05, 0.1) is 41.8 Å². The second-order valence-corrected chi connectivity index (χ2v) is 24.2. The minimum Gasteiger partial charge on any atom is -0.461 e. The number of methoxy groups -OCH3 is 1. The summed E-state index contributed by atoms with van der Waals surface area (Å²) in [7, 11) is 10.7. The van der Waals surface area contributed by atoms with Crippen LogP contribution in [0.3, 0.4) is 0 Å². The number of hydrogen-bond acceptors (Lipinski definition) is 25. The molecule has 544 valence electrons. The topological polar surface area (TPSA) is 341 Å². The van der Waals surface area contributed by atoms with Gasteiger partial charge in [-0.05, 0) is 171 Å². The molecule has 0 aliphatic carbocycles. The number of pyridine rings is 1. The molecule has 2 N–H and O–H groups in total. The van der Waals surface area contributed by atoms with E-state index in [0.29, 0.717) is 11.5 Å². The van der Waals surface area contributed by atoms with Crippen molar-refractivity contribution in [3.05, 3.63) is 251 Å². The third-order valence-corrected chi connectivity index (χ3v) is 15.4. The summed E-state index contributed by atoms with van der Waals surface area (Å²) in [6.45, 7) is 15.4. The van der Waals surface area contributed by atoms with E-state index in [1.165, 1.54) is 36.9 Å². The van der Waals surface area contributed by atoms with Crippen molar-refractivity contribution >= 4 is 35.3 Å². The Kier molecular flexibility index (Phi) is 25.4. The minimum absolute atomic E-state index is 0.184. The third-order valence-electron chi connectivity index (χ3n) is 15.4. The van der Waals surface area contributed by atoms with Crippen LogP contribution >= 0.6 is 0 Å². The lowest BCUT2D eigenvalue weighted by Crippen LogP contribution is -2.20. The molecule has 1 amide bonds. The van der Waals surface area contributed by atoms with Crippen LogP contribution in [-0.2, 0) is 11.8 Å². The molecule has 1 saturated heterocycles. The zero-order valence-corrected chi connectivity index (χ0v) is 60.9. The van der Waals surface area contributed by atoms with Gasteiger partial charge < -0.3 is 64.3 Å². The SMILES string of the molecule is COC(=O)Nc1ncc(-c2ccc(C)o2)cn1.Cc1ccc(-c2ccc(N(C)C)nn2)o1.Cc1ccc(-c2ccc3nccn3c2)o1.Cc1ccc(-c2cnc(=O)[nH]c2)o1.Cc1ccc(-c2cnc(=O)n(C)c2)o1.Cc1ccc(-c2cnc(N(C)C)cn2)o1.Cc1ccc(-c2cnc(N3CCCC3)nc2)o1. The number of anilines is 4. The van der Waals surface area contributed by atoms with Crippen LogP contribution in [0.2, 0.25) is 0 Å². The summed E-state index contributed by atoms with van der Waals surface area (Å²) in [5.74, 6) is 14.1. The van der Waals surface area contributed by atoms with Crippen LogP contribution in [0.1, 0.15) is 53.2 Å². The van der Waals surface area contributed by atoms with Crippen molar-refractivity contribution in [2.24, 2.45) is 7.05 Å². The summed E-state index contributed by atoms with van der Waals surface area (Å²) >= 11 is 0. The number of nitrogens with zero attached hydrogens (tertiary/aromatic N) is 16. The summed E-state index contributed by atoms with van der Waals surface area (Å²) in [5, 5.41) is 10.5. The highest BCUT2D eigenvalue weighted by molar-refractivity contribution is 5.82. The first-order valence-electron chi connectivity index (χ1n) is 33.3. The molecule has 0 atom stereocenters. The number of imidazole rings is 1. The van der Waals surface area contributed by atoms with Gasteiger partial charge in [0.2, 0.25) is 11.9 Å². The number of carbonyl (C=O) groups is 1. The molecule has 1 fully saturated rings. The van der Waals surface area contributed by atoms with E-state index in [1.54, 1.807) is 50.4 Å². The van der Waals surface area contributed by atoms with E-state index in [4.69, 9.17) is 30.9 Å². The number of hydrogen-bond donors (Lipinski definition) is 2. The van der Waals surface area contributed by atoms with Gasteiger partial charge in [0.1, 0.15) is 92.0 Å².